The molecular weight excluding hydrogens is 424 g/mol. The van der Waals surface area contributed by atoms with E-state index in [0.29, 0.717) is 17.0 Å². The molecule has 2 aromatic rings. The Morgan fingerprint density at radius 1 is 1.03 bits per heavy atom. The van der Waals surface area contributed by atoms with Crippen molar-refractivity contribution in [2.45, 2.75) is 45.3 Å². The third-order valence-corrected chi connectivity index (χ3v) is 7.47. The Hall–Kier alpha value is -2.92. The summed E-state index contributed by atoms with van der Waals surface area (Å²) in [6.07, 6.45) is 2.74. The maximum Gasteiger partial charge on any atom is 0.236 e. The van der Waals surface area contributed by atoms with Gasteiger partial charge in [0.15, 0.2) is 5.78 Å². The van der Waals surface area contributed by atoms with Crippen LogP contribution in [0, 0.1) is 11.8 Å². The summed E-state index contributed by atoms with van der Waals surface area (Å²) in [5.74, 6) is -1.84. The molecule has 0 bridgehead atoms. The summed E-state index contributed by atoms with van der Waals surface area (Å²) < 4.78 is 0. The van der Waals surface area contributed by atoms with Crippen LogP contribution in [-0.4, -0.2) is 40.6 Å². The van der Waals surface area contributed by atoms with Crippen LogP contribution in [0.5, 0.6) is 0 Å². The van der Waals surface area contributed by atoms with E-state index in [0.717, 1.165) is 16.8 Å². The van der Waals surface area contributed by atoms with Crippen molar-refractivity contribution < 1.29 is 14.4 Å². The largest absolute Gasteiger partial charge is 0.352 e. The lowest BCUT2D eigenvalue weighted by Gasteiger charge is -2.38. The zero-order valence-electron chi connectivity index (χ0n) is 18.3. The average molecular weight is 449 g/mol. The first kappa shape index (κ1) is 21.0. The lowest BCUT2D eigenvalue weighted by atomic mass is 9.85. The molecule has 5 atom stereocenters. The first-order chi connectivity index (χ1) is 15.3. The summed E-state index contributed by atoms with van der Waals surface area (Å²) in [7, 11) is 0. The van der Waals surface area contributed by atoms with Crippen molar-refractivity contribution in [2.75, 3.05) is 4.90 Å². The molecule has 2 fully saturated rings. The highest BCUT2D eigenvalue weighted by molar-refractivity contribution is 6.30. The van der Waals surface area contributed by atoms with E-state index in [2.05, 4.69) is 6.08 Å². The molecule has 0 aliphatic carbocycles. The minimum atomic E-state index is -0.748. The van der Waals surface area contributed by atoms with E-state index in [1.807, 2.05) is 49.9 Å². The monoisotopic (exact) mass is 448 g/mol. The number of hydrogen-bond donors (Lipinski definition) is 0. The van der Waals surface area contributed by atoms with Crippen molar-refractivity contribution in [3.8, 4) is 0 Å². The molecule has 2 saturated heterocycles. The molecule has 0 spiro atoms. The fraction of sp³-hybridized carbons (Fsp3) is 0.346. The number of benzene rings is 2. The lowest BCUT2D eigenvalue weighted by Crippen LogP contribution is -2.50. The number of allylic oxidation sites excluding steroid dienone is 1. The number of ketones is 1. The van der Waals surface area contributed by atoms with Gasteiger partial charge in [0.1, 0.15) is 6.04 Å². The molecule has 164 valence electrons. The van der Waals surface area contributed by atoms with Crippen LogP contribution in [0.25, 0.3) is 5.57 Å². The van der Waals surface area contributed by atoms with Crippen LogP contribution < -0.4 is 4.90 Å². The molecule has 2 amide bonds. The number of carbonyl (C=O) groups excluding carboxylic acids is 3. The van der Waals surface area contributed by atoms with Gasteiger partial charge in [-0.3, -0.25) is 19.3 Å². The van der Waals surface area contributed by atoms with Crippen molar-refractivity contribution in [3.05, 3.63) is 70.8 Å². The molecule has 32 heavy (non-hydrogen) atoms. The molecule has 0 aromatic heterocycles. The fourth-order valence-corrected chi connectivity index (χ4v) is 5.65. The molecule has 6 heteroatoms. The topological polar surface area (TPSA) is 57.7 Å². The second-order valence-corrected chi connectivity index (χ2v) is 9.37. The van der Waals surface area contributed by atoms with E-state index in [1.165, 1.54) is 4.90 Å². The van der Waals surface area contributed by atoms with E-state index in [4.69, 9.17) is 11.6 Å². The minimum Gasteiger partial charge on any atom is -0.352 e. The molecule has 0 N–H and O–H groups in total. The fourth-order valence-electron chi connectivity index (χ4n) is 5.52. The lowest BCUT2D eigenvalue weighted by molar-refractivity contribution is -0.142. The number of para-hydroxylation sites is 1. The number of rotatable bonds is 4. The Balaban J connectivity index is 1.68. The van der Waals surface area contributed by atoms with Gasteiger partial charge in [0.2, 0.25) is 11.8 Å². The Bertz CT molecular complexity index is 1160. The summed E-state index contributed by atoms with van der Waals surface area (Å²) in [6, 6.07) is 13.4. The van der Waals surface area contributed by atoms with Crippen LogP contribution in [0.2, 0.25) is 5.02 Å². The number of amides is 2. The number of Topliss-reactive ketones (excluding diaryl/α,β-unsaturated/α-hetero) is 1. The van der Waals surface area contributed by atoms with Gasteiger partial charge in [-0.1, -0.05) is 42.8 Å². The van der Waals surface area contributed by atoms with Crippen molar-refractivity contribution in [1.29, 1.82) is 0 Å². The zero-order chi connectivity index (χ0) is 22.7. The second kappa shape index (κ2) is 7.59. The molecule has 3 aliphatic rings. The summed E-state index contributed by atoms with van der Waals surface area (Å²) in [5.41, 5.74) is 3.47. The maximum atomic E-state index is 13.9. The highest BCUT2D eigenvalue weighted by Gasteiger charge is 2.64. The van der Waals surface area contributed by atoms with Crippen LogP contribution >= 0.6 is 11.6 Å². The van der Waals surface area contributed by atoms with Crippen LogP contribution in [-0.2, 0) is 9.59 Å². The Morgan fingerprint density at radius 2 is 1.69 bits per heavy atom. The van der Waals surface area contributed by atoms with E-state index in [1.54, 1.807) is 24.3 Å². The van der Waals surface area contributed by atoms with Gasteiger partial charge in [0.05, 0.1) is 17.9 Å². The third-order valence-electron chi connectivity index (χ3n) is 7.22. The molecule has 0 saturated carbocycles. The summed E-state index contributed by atoms with van der Waals surface area (Å²) >= 11 is 6.04. The van der Waals surface area contributed by atoms with E-state index in [-0.39, 0.29) is 29.7 Å². The maximum absolute atomic E-state index is 13.9. The number of carbonyl (C=O) groups is 3. The number of fused-ring (bicyclic) bond motifs is 5. The van der Waals surface area contributed by atoms with Gasteiger partial charge in [-0.15, -0.1) is 0 Å². The number of nitrogens with zero attached hydrogens (tertiary/aromatic N) is 2. The Morgan fingerprint density at radius 3 is 2.38 bits per heavy atom. The summed E-state index contributed by atoms with van der Waals surface area (Å²) in [5, 5.41) is 0.542. The molecule has 3 aliphatic heterocycles. The average Bonchev–Trinajstić information content (AvgIpc) is 3.26. The standard InChI is InChI=1S/C26H25ClN2O3/c1-4-15(3)28-25(31)21-20-13-14(2)18-7-5-6-8-19(18)29(20)23(22(21)26(28)32)24(30)16-9-11-17(27)12-10-16/h5-13,15,20-23H,4H2,1-3H3/t15-,20-,21+,22+,23-/m0/s1. The Labute approximate surface area is 192 Å². The van der Waals surface area contributed by atoms with E-state index < -0.39 is 17.9 Å². The van der Waals surface area contributed by atoms with Crippen molar-refractivity contribution in [2.24, 2.45) is 11.8 Å². The van der Waals surface area contributed by atoms with Gasteiger partial charge in [0.25, 0.3) is 0 Å². The van der Waals surface area contributed by atoms with Crippen molar-refractivity contribution in [1.82, 2.24) is 4.90 Å². The number of imide groups is 1. The molecule has 5 nitrogen and oxygen atoms in total. The summed E-state index contributed by atoms with van der Waals surface area (Å²) in [6.45, 7) is 5.87. The second-order valence-electron chi connectivity index (χ2n) is 8.94. The quantitative estimate of drug-likeness (QED) is 0.506. The van der Waals surface area contributed by atoms with Crippen molar-refractivity contribution >= 4 is 40.5 Å². The van der Waals surface area contributed by atoms with Gasteiger partial charge in [0, 0.05) is 27.9 Å². The molecule has 0 radical (unpaired) electrons. The van der Waals surface area contributed by atoms with E-state index in [9.17, 15) is 14.4 Å². The number of likely N-dealkylation sites (tertiary alicyclic amines) is 1. The van der Waals surface area contributed by atoms with Crippen LogP contribution in [0.15, 0.2) is 54.6 Å². The minimum absolute atomic E-state index is 0.158. The smallest absolute Gasteiger partial charge is 0.236 e. The van der Waals surface area contributed by atoms with Gasteiger partial charge in [-0.25, -0.2) is 0 Å². The normalized spacial score (nSPS) is 27.1. The van der Waals surface area contributed by atoms with Gasteiger partial charge in [-0.2, -0.15) is 0 Å². The van der Waals surface area contributed by atoms with Gasteiger partial charge < -0.3 is 4.90 Å². The SMILES string of the molecule is CC[C@H](C)N1C(=O)[C@@H]2[C@H](C1=O)[C@@H]1C=C(C)c3ccccc3N1[C@@H]2C(=O)c1ccc(Cl)cc1. The number of halogens is 1. The highest BCUT2D eigenvalue weighted by Crippen LogP contribution is 2.50. The first-order valence-electron chi connectivity index (χ1n) is 11.1. The summed E-state index contributed by atoms with van der Waals surface area (Å²) in [4.78, 5) is 44.4. The van der Waals surface area contributed by atoms with Gasteiger partial charge in [-0.05, 0) is 56.2 Å². The van der Waals surface area contributed by atoms with Crippen LogP contribution in [0.3, 0.4) is 0 Å². The Kier molecular flexibility index (Phi) is 4.97. The molecular formula is C26H25ClN2O3. The number of anilines is 1. The predicted octanol–water partition coefficient (Wildman–Crippen LogP) is 4.60. The van der Waals surface area contributed by atoms with Crippen LogP contribution in [0.4, 0.5) is 5.69 Å². The zero-order valence-corrected chi connectivity index (χ0v) is 19.0. The predicted molar refractivity (Wildman–Crippen MR) is 125 cm³/mol. The van der Waals surface area contributed by atoms with Crippen LogP contribution in [0.1, 0.15) is 43.1 Å². The van der Waals surface area contributed by atoms with E-state index >= 15 is 0 Å². The number of hydrogen-bond acceptors (Lipinski definition) is 4. The highest BCUT2D eigenvalue weighted by atomic mass is 35.5. The molecule has 2 aromatic carbocycles. The molecule has 5 rings (SSSR count). The molecule has 3 heterocycles. The van der Waals surface area contributed by atoms with Gasteiger partial charge >= 0.3 is 0 Å². The first-order valence-corrected chi connectivity index (χ1v) is 11.5. The molecule has 0 unspecified atom stereocenters. The third kappa shape index (κ3) is 2.87. The van der Waals surface area contributed by atoms with Crippen molar-refractivity contribution in [3.63, 3.8) is 0 Å².